The number of amides is 1. The maximum Gasteiger partial charge on any atom is 0.263 e. The zero-order chi connectivity index (χ0) is 12.3. The Kier molecular flexibility index (Phi) is 3.38. The molecule has 0 radical (unpaired) electrons. The van der Waals surface area contributed by atoms with Crippen LogP contribution in [0, 0.1) is 6.92 Å². The van der Waals surface area contributed by atoms with Crippen LogP contribution in [0.2, 0.25) is 0 Å². The van der Waals surface area contributed by atoms with Gasteiger partial charge in [0.25, 0.3) is 5.91 Å². The maximum absolute atomic E-state index is 11.8. The minimum Gasteiger partial charge on any atom is -0.375 e. The third-order valence-corrected chi connectivity index (χ3v) is 3.21. The molecule has 0 aliphatic rings. The highest BCUT2D eigenvalue weighted by molar-refractivity contribution is 7.17. The van der Waals surface area contributed by atoms with Crippen LogP contribution in [0.1, 0.15) is 21.2 Å². The zero-order valence-electron chi connectivity index (χ0n) is 9.36. The molecule has 0 aliphatic carbocycles. The van der Waals surface area contributed by atoms with Crippen LogP contribution in [0.3, 0.4) is 0 Å². The molecule has 90 valence electrons. The van der Waals surface area contributed by atoms with Crippen molar-refractivity contribution >= 4 is 22.4 Å². The molecule has 0 aromatic carbocycles. The number of carbonyl (C=O) groups is 1. The molecule has 2 rings (SSSR count). The van der Waals surface area contributed by atoms with Gasteiger partial charge in [-0.25, -0.2) is 9.97 Å². The van der Waals surface area contributed by atoms with Gasteiger partial charge in [-0.15, -0.1) is 0 Å². The number of hydrogen-bond acceptors (Lipinski definition) is 5. The normalized spacial score (nSPS) is 10.4. The largest absolute Gasteiger partial charge is 0.375 e. The smallest absolute Gasteiger partial charge is 0.263 e. The monoisotopic (exact) mass is 251 g/mol. The molecule has 2 aromatic heterocycles. The number of hydrogen-bond donors (Lipinski definition) is 3. The second-order valence-corrected chi connectivity index (χ2v) is 4.54. The number of anilines is 1. The Balaban J connectivity index is 1.87. The lowest BCUT2D eigenvalue weighted by atomic mass is 10.3. The van der Waals surface area contributed by atoms with Gasteiger partial charge in [0.1, 0.15) is 10.7 Å². The van der Waals surface area contributed by atoms with Crippen LogP contribution in [0.5, 0.6) is 0 Å². The summed E-state index contributed by atoms with van der Waals surface area (Å²) >= 11 is 1.20. The first-order valence-electron chi connectivity index (χ1n) is 5.16. The first kappa shape index (κ1) is 11.6. The molecule has 0 saturated heterocycles. The van der Waals surface area contributed by atoms with Gasteiger partial charge in [-0.1, -0.05) is 11.3 Å². The van der Waals surface area contributed by atoms with Gasteiger partial charge in [0.2, 0.25) is 0 Å². The number of rotatable bonds is 4. The molecular formula is C10H13N5OS. The fourth-order valence-corrected chi connectivity index (χ4v) is 2.19. The van der Waals surface area contributed by atoms with Crippen LogP contribution < -0.4 is 11.1 Å². The number of aryl methyl sites for hydroxylation is 1. The van der Waals surface area contributed by atoms with Crippen molar-refractivity contribution in [2.75, 3.05) is 12.3 Å². The van der Waals surface area contributed by atoms with E-state index in [2.05, 4.69) is 20.3 Å². The van der Waals surface area contributed by atoms with E-state index < -0.39 is 0 Å². The summed E-state index contributed by atoms with van der Waals surface area (Å²) in [7, 11) is 0. The Labute approximate surface area is 102 Å². The van der Waals surface area contributed by atoms with E-state index in [4.69, 9.17) is 5.73 Å². The molecule has 2 aromatic rings. The first-order valence-corrected chi connectivity index (χ1v) is 5.98. The van der Waals surface area contributed by atoms with Gasteiger partial charge in [-0.3, -0.25) is 4.79 Å². The number of thiazole rings is 1. The average molecular weight is 251 g/mol. The summed E-state index contributed by atoms with van der Waals surface area (Å²) in [5, 5.41) is 3.22. The Bertz CT molecular complexity index is 505. The molecule has 0 atom stereocenters. The highest BCUT2D eigenvalue weighted by atomic mass is 32.1. The predicted molar refractivity (Wildman–Crippen MR) is 65.9 cm³/mol. The van der Waals surface area contributed by atoms with Gasteiger partial charge in [-0.2, -0.15) is 0 Å². The Morgan fingerprint density at radius 1 is 1.65 bits per heavy atom. The fourth-order valence-electron chi connectivity index (χ4n) is 1.44. The number of aromatic amines is 1. The maximum atomic E-state index is 11.8. The van der Waals surface area contributed by atoms with Crippen LogP contribution in [-0.4, -0.2) is 27.4 Å². The number of nitrogens with zero attached hydrogens (tertiary/aromatic N) is 2. The number of aromatic nitrogens is 3. The van der Waals surface area contributed by atoms with Crippen molar-refractivity contribution in [2.24, 2.45) is 0 Å². The summed E-state index contributed by atoms with van der Waals surface area (Å²) in [5.41, 5.74) is 6.20. The van der Waals surface area contributed by atoms with Crippen LogP contribution >= 0.6 is 11.3 Å². The van der Waals surface area contributed by atoms with Crippen molar-refractivity contribution in [3.63, 3.8) is 0 Å². The second kappa shape index (κ2) is 4.96. The van der Waals surface area contributed by atoms with E-state index in [-0.39, 0.29) is 5.91 Å². The molecule has 0 aliphatic heterocycles. The molecule has 7 heteroatoms. The molecule has 17 heavy (non-hydrogen) atoms. The summed E-state index contributed by atoms with van der Waals surface area (Å²) in [6, 6.07) is 0. The summed E-state index contributed by atoms with van der Waals surface area (Å²) in [6.45, 7) is 2.30. The lowest BCUT2D eigenvalue weighted by Gasteiger charge is -2.02. The van der Waals surface area contributed by atoms with E-state index in [0.717, 1.165) is 5.82 Å². The number of carbonyl (C=O) groups excluding carboxylic acids is 1. The summed E-state index contributed by atoms with van der Waals surface area (Å²) in [4.78, 5) is 23.4. The van der Waals surface area contributed by atoms with Crippen LogP contribution in [-0.2, 0) is 6.42 Å². The van der Waals surface area contributed by atoms with Gasteiger partial charge in [0.15, 0.2) is 5.13 Å². The van der Waals surface area contributed by atoms with E-state index in [1.165, 1.54) is 11.3 Å². The van der Waals surface area contributed by atoms with Gasteiger partial charge in [-0.05, 0) is 6.92 Å². The fraction of sp³-hybridized carbons (Fsp3) is 0.300. The first-order chi connectivity index (χ1) is 8.16. The minimum absolute atomic E-state index is 0.136. The minimum atomic E-state index is -0.136. The van der Waals surface area contributed by atoms with E-state index in [9.17, 15) is 4.79 Å². The van der Waals surface area contributed by atoms with Gasteiger partial charge in [0.05, 0.1) is 5.69 Å². The van der Waals surface area contributed by atoms with Crippen molar-refractivity contribution in [1.29, 1.82) is 0 Å². The summed E-state index contributed by atoms with van der Waals surface area (Å²) in [6.07, 6.45) is 4.11. The highest BCUT2D eigenvalue weighted by Crippen LogP contribution is 2.19. The van der Waals surface area contributed by atoms with Crippen LogP contribution in [0.15, 0.2) is 12.4 Å². The quantitative estimate of drug-likeness (QED) is 0.746. The van der Waals surface area contributed by atoms with Crippen LogP contribution in [0.4, 0.5) is 5.13 Å². The third kappa shape index (κ3) is 2.82. The molecule has 4 N–H and O–H groups in total. The predicted octanol–water partition coefficient (Wildman–Crippen LogP) is 0.729. The molecule has 0 fully saturated rings. The van der Waals surface area contributed by atoms with Crippen LogP contribution in [0.25, 0.3) is 0 Å². The number of nitrogen functional groups attached to an aromatic ring is 1. The zero-order valence-corrected chi connectivity index (χ0v) is 10.2. The van der Waals surface area contributed by atoms with Crippen molar-refractivity contribution in [2.45, 2.75) is 13.3 Å². The van der Waals surface area contributed by atoms with Gasteiger partial charge in [0, 0.05) is 25.4 Å². The lowest BCUT2D eigenvalue weighted by molar-refractivity contribution is 0.0957. The number of H-pyrrole nitrogens is 1. The Morgan fingerprint density at radius 3 is 3.06 bits per heavy atom. The van der Waals surface area contributed by atoms with E-state index in [1.54, 1.807) is 19.3 Å². The van der Waals surface area contributed by atoms with Crippen molar-refractivity contribution in [3.05, 3.63) is 28.8 Å². The summed E-state index contributed by atoms with van der Waals surface area (Å²) in [5.74, 6) is 0.717. The number of nitrogens with two attached hydrogens (primary N) is 1. The van der Waals surface area contributed by atoms with Gasteiger partial charge < -0.3 is 16.0 Å². The SMILES string of the molecule is Cc1nc(N)sc1C(=O)NCCc1ncc[nH]1. The van der Waals surface area contributed by atoms with E-state index in [0.29, 0.717) is 28.7 Å². The molecular weight excluding hydrogens is 238 g/mol. The topological polar surface area (TPSA) is 96.7 Å². The van der Waals surface area contributed by atoms with Crippen molar-refractivity contribution < 1.29 is 4.79 Å². The average Bonchev–Trinajstić information content (AvgIpc) is 2.88. The number of imidazole rings is 1. The molecule has 6 nitrogen and oxygen atoms in total. The molecule has 0 unspecified atom stereocenters. The third-order valence-electron chi connectivity index (χ3n) is 2.22. The highest BCUT2D eigenvalue weighted by Gasteiger charge is 2.13. The molecule has 0 spiro atoms. The standard InChI is InChI=1S/C10H13N5OS/c1-6-8(17-10(11)15-6)9(16)14-3-2-7-12-4-5-13-7/h4-5H,2-3H2,1H3,(H2,11,15)(H,12,13)(H,14,16). The number of nitrogens with one attached hydrogen (secondary N) is 2. The van der Waals surface area contributed by atoms with Crippen molar-refractivity contribution in [1.82, 2.24) is 20.3 Å². The molecule has 1 amide bonds. The summed E-state index contributed by atoms with van der Waals surface area (Å²) < 4.78 is 0. The lowest BCUT2D eigenvalue weighted by Crippen LogP contribution is -2.25. The van der Waals surface area contributed by atoms with E-state index in [1.807, 2.05) is 0 Å². The molecule has 0 saturated carbocycles. The van der Waals surface area contributed by atoms with Crippen molar-refractivity contribution in [3.8, 4) is 0 Å². The Morgan fingerprint density at radius 2 is 2.47 bits per heavy atom. The van der Waals surface area contributed by atoms with Gasteiger partial charge >= 0.3 is 0 Å². The Hall–Kier alpha value is -1.89. The second-order valence-electron chi connectivity index (χ2n) is 3.51. The molecule has 2 heterocycles. The van der Waals surface area contributed by atoms with E-state index >= 15 is 0 Å². The molecule has 0 bridgehead atoms.